The maximum atomic E-state index is 5.57. The number of nitrogens with two attached hydrogens (primary N) is 1. The van der Waals surface area contributed by atoms with Gasteiger partial charge in [-0.05, 0) is 6.54 Å². The van der Waals surface area contributed by atoms with Crippen LogP contribution in [0.15, 0.2) is 5.38 Å². The van der Waals surface area contributed by atoms with E-state index in [9.17, 15) is 0 Å². The molecule has 0 unspecified atom stereocenters. The minimum atomic E-state index is 0.152. The highest BCUT2D eigenvalue weighted by molar-refractivity contribution is 7.09. The van der Waals surface area contributed by atoms with Gasteiger partial charge in [-0.15, -0.1) is 11.3 Å². The Balaban J connectivity index is 2.64. The van der Waals surface area contributed by atoms with Crippen LogP contribution >= 0.6 is 11.3 Å². The van der Waals surface area contributed by atoms with Gasteiger partial charge in [-0.25, -0.2) is 4.98 Å². The van der Waals surface area contributed by atoms with E-state index in [2.05, 4.69) is 43.0 Å². The van der Waals surface area contributed by atoms with Crippen LogP contribution in [0.3, 0.4) is 0 Å². The molecule has 0 aliphatic carbocycles. The second-order valence-corrected chi connectivity index (χ2v) is 5.98. The maximum Gasteiger partial charge on any atom is 0.107 e. The summed E-state index contributed by atoms with van der Waals surface area (Å²) < 4.78 is 0. The molecule has 1 aromatic rings. The van der Waals surface area contributed by atoms with Crippen LogP contribution in [0, 0.1) is 0 Å². The number of nitrogens with zero attached hydrogens (tertiary/aromatic N) is 2. The van der Waals surface area contributed by atoms with Gasteiger partial charge in [0.15, 0.2) is 0 Å². The van der Waals surface area contributed by atoms with Gasteiger partial charge in [0.05, 0.1) is 12.2 Å². The first-order chi connectivity index (χ1) is 7.47. The Morgan fingerprint density at radius 3 is 2.56 bits per heavy atom. The first-order valence-corrected chi connectivity index (χ1v) is 6.72. The van der Waals surface area contributed by atoms with E-state index in [4.69, 9.17) is 5.73 Å². The number of hydrogen-bond acceptors (Lipinski definition) is 4. The quantitative estimate of drug-likeness (QED) is 0.859. The Kier molecular flexibility index (Phi) is 4.89. The SMILES string of the molecule is CCN(CCN)Cc1nc(C(C)(C)C)cs1. The normalized spacial score (nSPS) is 12.4. The third kappa shape index (κ3) is 3.85. The molecule has 0 saturated heterocycles. The van der Waals surface area contributed by atoms with E-state index in [1.54, 1.807) is 11.3 Å². The molecule has 0 radical (unpaired) electrons. The van der Waals surface area contributed by atoms with E-state index in [0.717, 1.165) is 19.6 Å². The van der Waals surface area contributed by atoms with E-state index >= 15 is 0 Å². The summed E-state index contributed by atoms with van der Waals surface area (Å²) in [6.07, 6.45) is 0. The van der Waals surface area contributed by atoms with Gasteiger partial charge in [0.1, 0.15) is 5.01 Å². The Labute approximate surface area is 103 Å². The van der Waals surface area contributed by atoms with Crippen molar-refractivity contribution in [2.75, 3.05) is 19.6 Å². The van der Waals surface area contributed by atoms with Gasteiger partial charge in [0.2, 0.25) is 0 Å². The second-order valence-electron chi connectivity index (χ2n) is 5.03. The predicted octanol–water partition coefficient (Wildman–Crippen LogP) is 2.22. The van der Waals surface area contributed by atoms with Gasteiger partial charge in [-0.3, -0.25) is 4.90 Å². The second kappa shape index (κ2) is 5.75. The number of thiazole rings is 1. The summed E-state index contributed by atoms with van der Waals surface area (Å²) in [6.45, 7) is 12.4. The summed E-state index contributed by atoms with van der Waals surface area (Å²) >= 11 is 1.75. The van der Waals surface area contributed by atoms with Crippen LogP contribution in [0.25, 0.3) is 0 Å². The Hall–Kier alpha value is -0.450. The number of aromatic nitrogens is 1. The topological polar surface area (TPSA) is 42.1 Å². The first kappa shape index (κ1) is 13.6. The highest BCUT2D eigenvalue weighted by Gasteiger charge is 2.17. The molecule has 1 heterocycles. The highest BCUT2D eigenvalue weighted by Crippen LogP contribution is 2.24. The summed E-state index contributed by atoms with van der Waals surface area (Å²) in [4.78, 5) is 7.01. The zero-order valence-corrected chi connectivity index (χ0v) is 11.6. The van der Waals surface area contributed by atoms with Crippen molar-refractivity contribution in [3.05, 3.63) is 16.1 Å². The van der Waals surface area contributed by atoms with Crippen LogP contribution < -0.4 is 5.73 Å². The highest BCUT2D eigenvalue weighted by atomic mass is 32.1. The van der Waals surface area contributed by atoms with Crippen LogP contribution in [-0.4, -0.2) is 29.5 Å². The molecule has 0 fully saturated rings. The van der Waals surface area contributed by atoms with Crippen molar-refractivity contribution in [3.8, 4) is 0 Å². The van der Waals surface area contributed by atoms with E-state index < -0.39 is 0 Å². The predicted molar refractivity (Wildman–Crippen MR) is 70.8 cm³/mol. The van der Waals surface area contributed by atoms with E-state index in [1.807, 2.05) is 0 Å². The molecule has 0 spiro atoms. The monoisotopic (exact) mass is 241 g/mol. The summed E-state index contributed by atoms with van der Waals surface area (Å²) in [5, 5.41) is 3.37. The molecule has 1 rings (SSSR count). The Morgan fingerprint density at radius 2 is 2.12 bits per heavy atom. The average molecular weight is 241 g/mol. The Morgan fingerprint density at radius 1 is 1.44 bits per heavy atom. The lowest BCUT2D eigenvalue weighted by molar-refractivity contribution is 0.287. The molecule has 0 aliphatic rings. The molecule has 4 heteroatoms. The van der Waals surface area contributed by atoms with Crippen molar-refractivity contribution in [2.45, 2.75) is 39.7 Å². The van der Waals surface area contributed by atoms with Crippen molar-refractivity contribution in [1.82, 2.24) is 9.88 Å². The molecule has 0 saturated carbocycles. The number of hydrogen-bond donors (Lipinski definition) is 1. The molecular weight excluding hydrogens is 218 g/mol. The van der Waals surface area contributed by atoms with Crippen LogP contribution in [-0.2, 0) is 12.0 Å². The summed E-state index contributed by atoms with van der Waals surface area (Å²) in [6, 6.07) is 0. The van der Waals surface area contributed by atoms with Crippen LogP contribution in [0.4, 0.5) is 0 Å². The molecule has 1 aromatic heterocycles. The van der Waals surface area contributed by atoms with Gasteiger partial charge in [0, 0.05) is 23.9 Å². The summed E-state index contributed by atoms with van der Waals surface area (Å²) in [7, 11) is 0. The van der Waals surface area contributed by atoms with Gasteiger partial charge >= 0.3 is 0 Å². The van der Waals surface area contributed by atoms with E-state index in [1.165, 1.54) is 10.7 Å². The number of rotatable bonds is 5. The van der Waals surface area contributed by atoms with Crippen molar-refractivity contribution >= 4 is 11.3 Å². The van der Waals surface area contributed by atoms with Crippen molar-refractivity contribution in [1.29, 1.82) is 0 Å². The maximum absolute atomic E-state index is 5.57. The molecule has 92 valence electrons. The zero-order valence-electron chi connectivity index (χ0n) is 10.8. The van der Waals surface area contributed by atoms with Gasteiger partial charge in [0.25, 0.3) is 0 Å². The third-order valence-electron chi connectivity index (χ3n) is 2.57. The molecular formula is C12H23N3S. The molecule has 0 aromatic carbocycles. The lowest BCUT2D eigenvalue weighted by atomic mass is 9.93. The smallest absolute Gasteiger partial charge is 0.107 e. The number of likely N-dealkylation sites (N-methyl/N-ethyl adjacent to an activating group) is 1. The standard InChI is InChI=1S/C12H23N3S/c1-5-15(7-6-13)8-11-14-10(9-16-11)12(2,3)4/h9H,5-8,13H2,1-4H3. The lowest BCUT2D eigenvalue weighted by Crippen LogP contribution is -2.28. The third-order valence-corrected chi connectivity index (χ3v) is 3.41. The van der Waals surface area contributed by atoms with Gasteiger partial charge < -0.3 is 5.73 Å². The Bertz CT molecular complexity index is 314. The summed E-state index contributed by atoms with van der Waals surface area (Å²) in [5.74, 6) is 0. The largest absolute Gasteiger partial charge is 0.329 e. The minimum Gasteiger partial charge on any atom is -0.329 e. The molecule has 0 aliphatic heterocycles. The summed E-state index contributed by atoms with van der Waals surface area (Å²) in [5.41, 5.74) is 6.92. The first-order valence-electron chi connectivity index (χ1n) is 5.84. The molecule has 0 bridgehead atoms. The lowest BCUT2D eigenvalue weighted by Gasteiger charge is -2.18. The van der Waals surface area contributed by atoms with Crippen molar-refractivity contribution in [3.63, 3.8) is 0 Å². The molecule has 2 N–H and O–H groups in total. The van der Waals surface area contributed by atoms with Crippen LogP contribution in [0.2, 0.25) is 0 Å². The molecule has 16 heavy (non-hydrogen) atoms. The molecule has 0 atom stereocenters. The molecule has 3 nitrogen and oxygen atoms in total. The van der Waals surface area contributed by atoms with Crippen molar-refractivity contribution in [2.24, 2.45) is 5.73 Å². The fourth-order valence-electron chi connectivity index (χ4n) is 1.45. The van der Waals surface area contributed by atoms with E-state index in [-0.39, 0.29) is 5.41 Å². The molecule has 0 amide bonds. The zero-order chi connectivity index (χ0) is 12.2. The fraction of sp³-hybridized carbons (Fsp3) is 0.750. The minimum absolute atomic E-state index is 0.152. The van der Waals surface area contributed by atoms with Gasteiger partial charge in [-0.1, -0.05) is 27.7 Å². The van der Waals surface area contributed by atoms with Crippen molar-refractivity contribution < 1.29 is 0 Å². The fourth-order valence-corrected chi connectivity index (χ4v) is 2.51. The average Bonchev–Trinajstić information content (AvgIpc) is 2.65. The van der Waals surface area contributed by atoms with Gasteiger partial charge in [-0.2, -0.15) is 0 Å². The van der Waals surface area contributed by atoms with Crippen LogP contribution in [0.5, 0.6) is 0 Å². The van der Waals surface area contributed by atoms with Crippen LogP contribution in [0.1, 0.15) is 38.4 Å². The van der Waals surface area contributed by atoms with E-state index in [0.29, 0.717) is 6.54 Å².